The summed E-state index contributed by atoms with van der Waals surface area (Å²) in [6.45, 7) is 5.62. The maximum absolute atomic E-state index is 12.5. The van der Waals surface area contributed by atoms with Crippen molar-refractivity contribution in [2.75, 3.05) is 5.32 Å². The SMILES string of the molecule is Cc1nc(-c2ccccc2NC(=O)c2c(C)n[nH]c2C)cs1. The number of nitrogens with one attached hydrogen (secondary N) is 2. The second kappa shape index (κ2) is 5.73. The van der Waals surface area contributed by atoms with Crippen LogP contribution in [0.3, 0.4) is 0 Å². The van der Waals surface area contributed by atoms with E-state index in [1.54, 1.807) is 11.3 Å². The standard InChI is InChI=1S/C16H16N4OS/c1-9-15(10(2)20-19-9)16(21)18-13-7-5-4-6-12(13)14-8-22-11(3)17-14/h4-8H,1-3H3,(H,18,21)(H,19,20). The lowest BCUT2D eigenvalue weighted by atomic mass is 10.1. The van der Waals surface area contributed by atoms with Crippen LogP contribution >= 0.6 is 11.3 Å². The Bertz CT molecular complexity index is 815. The van der Waals surface area contributed by atoms with Gasteiger partial charge < -0.3 is 5.32 Å². The summed E-state index contributed by atoms with van der Waals surface area (Å²) in [7, 11) is 0. The smallest absolute Gasteiger partial charge is 0.259 e. The average Bonchev–Trinajstić information content (AvgIpc) is 3.06. The van der Waals surface area contributed by atoms with Gasteiger partial charge in [0.2, 0.25) is 0 Å². The molecule has 3 aromatic rings. The molecule has 0 atom stereocenters. The zero-order valence-electron chi connectivity index (χ0n) is 12.6. The Labute approximate surface area is 132 Å². The largest absolute Gasteiger partial charge is 0.321 e. The number of hydrogen-bond acceptors (Lipinski definition) is 4. The molecule has 3 rings (SSSR count). The van der Waals surface area contributed by atoms with Gasteiger partial charge in [-0.15, -0.1) is 11.3 Å². The molecule has 0 aliphatic heterocycles. The van der Waals surface area contributed by atoms with Crippen LogP contribution < -0.4 is 5.32 Å². The van der Waals surface area contributed by atoms with E-state index in [4.69, 9.17) is 0 Å². The summed E-state index contributed by atoms with van der Waals surface area (Å²) < 4.78 is 0. The minimum atomic E-state index is -0.164. The molecule has 2 heterocycles. The maximum atomic E-state index is 12.5. The Morgan fingerprint density at radius 1 is 1.23 bits per heavy atom. The first-order valence-electron chi connectivity index (χ1n) is 6.90. The lowest BCUT2D eigenvalue weighted by molar-refractivity contribution is 0.102. The normalized spacial score (nSPS) is 10.7. The van der Waals surface area contributed by atoms with Crippen molar-refractivity contribution in [3.8, 4) is 11.3 Å². The van der Waals surface area contributed by atoms with E-state index in [1.807, 2.05) is 50.4 Å². The molecule has 0 saturated carbocycles. The molecule has 0 radical (unpaired) electrons. The van der Waals surface area contributed by atoms with E-state index in [1.165, 1.54) is 0 Å². The monoisotopic (exact) mass is 312 g/mol. The van der Waals surface area contributed by atoms with Crippen molar-refractivity contribution < 1.29 is 4.79 Å². The summed E-state index contributed by atoms with van der Waals surface area (Å²) in [4.78, 5) is 17.0. The Balaban J connectivity index is 1.95. The molecule has 0 bridgehead atoms. The molecule has 6 heteroatoms. The van der Waals surface area contributed by atoms with Crippen LogP contribution in [0.2, 0.25) is 0 Å². The number of para-hydroxylation sites is 1. The molecule has 0 saturated heterocycles. The minimum Gasteiger partial charge on any atom is -0.321 e. The molecule has 1 amide bonds. The number of amides is 1. The zero-order chi connectivity index (χ0) is 15.7. The maximum Gasteiger partial charge on any atom is 0.259 e. The van der Waals surface area contributed by atoms with Gasteiger partial charge in [0.25, 0.3) is 5.91 Å². The van der Waals surface area contributed by atoms with Crippen LogP contribution in [0.1, 0.15) is 26.8 Å². The highest BCUT2D eigenvalue weighted by atomic mass is 32.1. The Morgan fingerprint density at radius 2 is 2.00 bits per heavy atom. The van der Waals surface area contributed by atoms with Gasteiger partial charge in [0.15, 0.2) is 0 Å². The summed E-state index contributed by atoms with van der Waals surface area (Å²) >= 11 is 1.59. The number of benzene rings is 1. The van der Waals surface area contributed by atoms with Gasteiger partial charge in [-0.2, -0.15) is 5.10 Å². The van der Waals surface area contributed by atoms with Crippen molar-refractivity contribution in [2.24, 2.45) is 0 Å². The Hall–Kier alpha value is -2.47. The molecule has 112 valence electrons. The zero-order valence-corrected chi connectivity index (χ0v) is 13.4. The summed E-state index contributed by atoms with van der Waals surface area (Å²) in [5.41, 5.74) is 4.58. The van der Waals surface area contributed by atoms with E-state index in [0.29, 0.717) is 11.3 Å². The first-order chi connectivity index (χ1) is 10.6. The molecule has 1 aromatic carbocycles. The van der Waals surface area contributed by atoms with Crippen LogP contribution in [-0.2, 0) is 0 Å². The van der Waals surface area contributed by atoms with Gasteiger partial charge in [0, 0.05) is 16.6 Å². The molecule has 0 fully saturated rings. The fourth-order valence-corrected chi connectivity index (χ4v) is 2.99. The number of anilines is 1. The van der Waals surface area contributed by atoms with Crippen LogP contribution in [-0.4, -0.2) is 21.1 Å². The lowest BCUT2D eigenvalue weighted by Crippen LogP contribution is -2.14. The number of thiazole rings is 1. The summed E-state index contributed by atoms with van der Waals surface area (Å²) in [6, 6.07) is 7.67. The molecular formula is C16H16N4OS. The minimum absolute atomic E-state index is 0.164. The van der Waals surface area contributed by atoms with Gasteiger partial charge in [0.1, 0.15) is 0 Å². The molecule has 0 aliphatic carbocycles. The second-order valence-electron chi connectivity index (χ2n) is 5.06. The lowest BCUT2D eigenvalue weighted by Gasteiger charge is -2.09. The van der Waals surface area contributed by atoms with Gasteiger partial charge in [-0.05, 0) is 26.8 Å². The third-order valence-electron chi connectivity index (χ3n) is 3.43. The fourth-order valence-electron chi connectivity index (χ4n) is 2.37. The van der Waals surface area contributed by atoms with Crippen LogP contribution in [0.5, 0.6) is 0 Å². The number of H-pyrrole nitrogens is 1. The fraction of sp³-hybridized carbons (Fsp3) is 0.188. The van der Waals surface area contributed by atoms with Crippen molar-refractivity contribution in [3.63, 3.8) is 0 Å². The van der Waals surface area contributed by atoms with Crippen molar-refractivity contribution in [1.29, 1.82) is 0 Å². The molecule has 22 heavy (non-hydrogen) atoms. The number of rotatable bonds is 3. The van der Waals surface area contributed by atoms with Crippen LogP contribution in [0, 0.1) is 20.8 Å². The van der Waals surface area contributed by atoms with Crippen molar-refractivity contribution in [1.82, 2.24) is 15.2 Å². The highest BCUT2D eigenvalue weighted by Gasteiger charge is 2.17. The number of carbonyl (C=O) groups is 1. The molecule has 2 N–H and O–H groups in total. The van der Waals surface area contributed by atoms with E-state index in [-0.39, 0.29) is 5.91 Å². The Kier molecular flexibility index (Phi) is 3.77. The van der Waals surface area contributed by atoms with Crippen molar-refractivity contribution in [2.45, 2.75) is 20.8 Å². The number of aryl methyl sites for hydroxylation is 3. The number of aromatic nitrogens is 3. The van der Waals surface area contributed by atoms with Gasteiger partial charge in [-0.3, -0.25) is 9.89 Å². The number of nitrogens with zero attached hydrogens (tertiary/aromatic N) is 2. The van der Waals surface area contributed by atoms with Gasteiger partial charge in [-0.25, -0.2) is 4.98 Å². The van der Waals surface area contributed by atoms with Crippen molar-refractivity contribution in [3.05, 3.63) is 51.6 Å². The second-order valence-corrected chi connectivity index (χ2v) is 6.12. The molecule has 5 nitrogen and oxygen atoms in total. The first kappa shape index (κ1) is 14.5. The topological polar surface area (TPSA) is 70.7 Å². The van der Waals surface area contributed by atoms with Gasteiger partial charge >= 0.3 is 0 Å². The quantitative estimate of drug-likeness (QED) is 0.774. The molecular weight excluding hydrogens is 296 g/mol. The summed E-state index contributed by atoms with van der Waals surface area (Å²) in [5, 5.41) is 12.9. The molecule has 0 aliphatic rings. The van der Waals surface area contributed by atoms with E-state index < -0.39 is 0 Å². The predicted molar refractivity (Wildman–Crippen MR) is 88.3 cm³/mol. The van der Waals surface area contributed by atoms with Crippen molar-refractivity contribution >= 4 is 22.9 Å². The third kappa shape index (κ3) is 2.65. The average molecular weight is 312 g/mol. The molecule has 0 spiro atoms. The highest BCUT2D eigenvalue weighted by molar-refractivity contribution is 7.09. The number of aromatic amines is 1. The highest BCUT2D eigenvalue weighted by Crippen LogP contribution is 2.29. The van der Waals surface area contributed by atoms with Crippen LogP contribution in [0.15, 0.2) is 29.6 Å². The summed E-state index contributed by atoms with van der Waals surface area (Å²) in [6.07, 6.45) is 0. The Morgan fingerprint density at radius 3 is 2.64 bits per heavy atom. The van der Waals surface area contributed by atoms with E-state index in [2.05, 4.69) is 20.5 Å². The van der Waals surface area contributed by atoms with Crippen LogP contribution in [0.4, 0.5) is 5.69 Å². The van der Waals surface area contributed by atoms with E-state index >= 15 is 0 Å². The number of hydrogen-bond donors (Lipinski definition) is 2. The predicted octanol–water partition coefficient (Wildman–Crippen LogP) is 3.71. The number of carbonyl (C=O) groups excluding carboxylic acids is 1. The van der Waals surface area contributed by atoms with E-state index in [9.17, 15) is 4.79 Å². The van der Waals surface area contributed by atoms with Gasteiger partial charge in [-0.1, -0.05) is 18.2 Å². The third-order valence-corrected chi connectivity index (χ3v) is 4.20. The van der Waals surface area contributed by atoms with Crippen LogP contribution in [0.25, 0.3) is 11.3 Å². The molecule has 2 aromatic heterocycles. The molecule has 0 unspecified atom stereocenters. The van der Waals surface area contributed by atoms with Gasteiger partial charge in [0.05, 0.1) is 27.6 Å². The van der Waals surface area contributed by atoms with E-state index in [0.717, 1.165) is 27.6 Å². The first-order valence-corrected chi connectivity index (χ1v) is 7.78. The summed E-state index contributed by atoms with van der Waals surface area (Å²) in [5.74, 6) is -0.164.